The molecule has 0 radical (unpaired) electrons. The van der Waals surface area contributed by atoms with Gasteiger partial charge in [0.05, 0.1) is 23.3 Å². The van der Waals surface area contributed by atoms with Crippen LogP contribution in [0.25, 0.3) is 21.8 Å². The van der Waals surface area contributed by atoms with Crippen molar-refractivity contribution in [2.75, 3.05) is 0 Å². The fraction of sp³-hybridized carbons (Fsp3) is 0.0667. The number of hydrogen-bond acceptors (Lipinski definition) is 2. The number of nitrogens with zero attached hydrogens (tertiary/aromatic N) is 2. The Morgan fingerprint density at radius 2 is 1.67 bits per heavy atom. The van der Waals surface area contributed by atoms with Gasteiger partial charge in [0, 0.05) is 21.8 Å². The second-order valence-electron chi connectivity index (χ2n) is 4.32. The highest BCUT2D eigenvalue weighted by atomic mass is 14.7. The molecule has 84 valence electrons. The number of H-pyrrole nitrogens is 1. The molecular formula is C15H9N3. The zero-order valence-electron chi connectivity index (χ0n) is 9.78. The molecule has 1 aromatic heterocycles. The molecule has 3 aromatic rings. The molecule has 0 saturated heterocycles. The first kappa shape index (κ1) is 10.4. The Hall–Kier alpha value is -2.78. The van der Waals surface area contributed by atoms with Gasteiger partial charge < -0.3 is 4.98 Å². The molecule has 18 heavy (non-hydrogen) atoms. The second kappa shape index (κ2) is 3.61. The summed E-state index contributed by atoms with van der Waals surface area (Å²) in [5.41, 5.74) is 4.33. The van der Waals surface area contributed by atoms with E-state index in [0.29, 0.717) is 11.1 Å². The van der Waals surface area contributed by atoms with Crippen LogP contribution in [-0.2, 0) is 0 Å². The molecule has 3 heteroatoms. The third-order valence-electron chi connectivity index (χ3n) is 3.16. The molecule has 2 aromatic carbocycles. The van der Waals surface area contributed by atoms with Crippen molar-refractivity contribution in [2.45, 2.75) is 6.92 Å². The van der Waals surface area contributed by atoms with Gasteiger partial charge in [-0.1, -0.05) is 0 Å². The van der Waals surface area contributed by atoms with E-state index < -0.39 is 0 Å². The highest BCUT2D eigenvalue weighted by molar-refractivity contribution is 6.09. The third kappa shape index (κ3) is 1.35. The molecule has 0 unspecified atom stereocenters. The molecular weight excluding hydrogens is 222 g/mol. The summed E-state index contributed by atoms with van der Waals surface area (Å²) in [6.07, 6.45) is 0. The van der Waals surface area contributed by atoms with Gasteiger partial charge in [-0.15, -0.1) is 0 Å². The van der Waals surface area contributed by atoms with Crippen molar-refractivity contribution < 1.29 is 0 Å². The number of nitriles is 2. The van der Waals surface area contributed by atoms with E-state index in [1.165, 1.54) is 0 Å². The van der Waals surface area contributed by atoms with Crippen LogP contribution in [0.5, 0.6) is 0 Å². The van der Waals surface area contributed by atoms with Gasteiger partial charge in [-0.05, 0) is 42.8 Å². The molecule has 0 amide bonds. The van der Waals surface area contributed by atoms with Crippen LogP contribution >= 0.6 is 0 Å². The van der Waals surface area contributed by atoms with E-state index in [0.717, 1.165) is 27.4 Å². The average Bonchev–Trinajstić information content (AvgIpc) is 2.77. The summed E-state index contributed by atoms with van der Waals surface area (Å²) in [6.45, 7) is 1.98. The highest BCUT2D eigenvalue weighted by Gasteiger charge is 2.08. The Morgan fingerprint density at radius 1 is 0.944 bits per heavy atom. The summed E-state index contributed by atoms with van der Waals surface area (Å²) in [5.74, 6) is 0. The van der Waals surface area contributed by atoms with Crippen molar-refractivity contribution in [3.63, 3.8) is 0 Å². The van der Waals surface area contributed by atoms with Gasteiger partial charge in [0.2, 0.25) is 0 Å². The number of aromatic nitrogens is 1. The topological polar surface area (TPSA) is 63.4 Å². The second-order valence-corrected chi connectivity index (χ2v) is 4.32. The minimum Gasteiger partial charge on any atom is -0.354 e. The predicted octanol–water partition coefficient (Wildman–Crippen LogP) is 3.37. The zero-order chi connectivity index (χ0) is 12.7. The first-order valence-electron chi connectivity index (χ1n) is 5.59. The highest BCUT2D eigenvalue weighted by Crippen LogP contribution is 2.29. The zero-order valence-corrected chi connectivity index (χ0v) is 9.78. The summed E-state index contributed by atoms with van der Waals surface area (Å²) >= 11 is 0. The number of aromatic amines is 1. The summed E-state index contributed by atoms with van der Waals surface area (Å²) < 4.78 is 0. The minimum atomic E-state index is 0.628. The first-order chi connectivity index (χ1) is 8.72. The fourth-order valence-corrected chi connectivity index (χ4v) is 2.31. The molecule has 1 N–H and O–H groups in total. The maximum absolute atomic E-state index is 9.02. The van der Waals surface area contributed by atoms with Gasteiger partial charge in [-0.2, -0.15) is 10.5 Å². The number of aryl methyl sites for hydroxylation is 1. The average molecular weight is 231 g/mol. The van der Waals surface area contributed by atoms with E-state index in [-0.39, 0.29) is 0 Å². The Bertz CT molecular complexity index is 857. The molecule has 3 nitrogen and oxygen atoms in total. The molecule has 0 atom stereocenters. The number of fused-ring (bicyclic) bond motifs is 3. The van der Waals surface area contributed by atoms with Crippen molar-refractivity contribution in [3.8, 4) is 12.1 Å². The number of rotatable bonds is 0. The summed E-state index contributed by atoms with van der Waals surface area (Å²) in [7, 11) is 0. The van der Waals surface area contributed by atoms with E-state index in [1.54, 1.807) is 6.07 Å². The molecule has 0 bridgehead atoms. The Morgan fingerprint density at radius 3 is 2.39 bits per heavy atom. The lowest BCUT2D eigenvalue weighted by atomic mass is 10.0. The predicted molar refractivity (Wildman–Crippen MR) is 70.0 cm³/mol. The SMILES string of the molecule is Cc1cc(C#N)cc2c1[nH]c1ccc(C#N)cc12. The van der Waals surface area contributed by atoms with E-state index in [4.69, 9.17) is 10.5 Å². The molecule has 0 aliphatic rings. The van der Waals surface area contributed by atoms with Gasteiger partial charge in [0.15, 0.2) is 0 Å². The smallest absolute Gasteiger partial charge is 0.0991 e. The summed E-state index contributed by atoms with van der Waals surface area (Å²) in [6, 6.07) is 13.6. The largest absolute Gasteiger partial charge is 0.354 e. The monoisotopic (exact) mass is 231 g/mol. The van der Waals surface area contributed by atoms with Crippen LogP contribution < -0.4 is 0 Å². The Kier molecular flexibility index (Phi) is 2.08. The first-order valence-corrected chi connectivity index (χ1v) is 5.59. The molecule has 0 aliphatic carbocycles. The molecule has 0 aliphatic heterocycles. The Balaban J connectivity index is 2.52. The van der Waals surface area contributed by atoms with Crippen molar-refractivity contribution >= 4 is 21.8 Å². The lowest BCUT2D eigenvalue weighted by Gasteiger charge is -1.97. The maximum atomic E-state index is 9.02. The van der Waals surface area contributed by atoms with Crippen LogP contribution in [0.2, 0.25) is 0 Å². The van der Waals surface area contributed by atoms with Gasteiger partial charge in [0.25, 0.3) is 0 Å². The minimum absolute atomic E-state index is 0.628. The molecule has 0 saturated carbocycles. The van der Waals surface area contributed by atoms with Crippen molar-refractivity contribution in [2.24, 2.45) is 0 Å². The quantitative estimate of drug-likeness (QED) is 0.644. The van der Waals surface area contributed by atoms with E-state index >= 15 is 0 Å². The molecule has 1 heterocycles. The maximum Gasteiger partial charge on any atom is 0.0991 e. The molecule has 0 spiro atoms. The third-order valence-corrected chi connectivity index (χ3v) is 3.16. The van der Waals surface area contributed by atoms with Gasteiger partial charge >= 0.3 is 0 Å². The number of nitrogens with one attached hydrogen (secondary N) is 1. The van der Waals surface area contributed by atoms with Crippen LogP contribution in [-0.4, -0.2) is 4.98 Å². The fourth-order valence-electron chi connectivity index (χ4n) is 2.31. The normalized spacial score (nSPS) is 10.4. The summed E-state index contributed by atoms with van der Waals surface area (Å²) in [4.78, 5) is 3.33. The van der Waals surface area contributed by atoms with E-state index in [9.17, 15) is 0 Å². The van der Waals surface area contributed by atoms with E-state index in [2.05, 4.69) is 17.1 Å². The lowest BCUT2D eigenvalue weighted by molar-refractivity contribution is 1.42. The Labute approximate surface area is 104 Å². The van der Waals surface area contributed by atoms with Crippen molar-refractivity contribution in [1.29, 1.82) is 10.5 Å². The van der Waals surface area contributed by atoms with Gasteiger partial charge in [-0.25, -0.2) is 0 Å². The molecule has 0 fully saturated rings. The van der Waals surface area contributed by atoms with Crippen LogP contribution in [0.1, 0.15) is 16.7 Å². The van der Waals surface area contributed by atoms with Crippen LogP contribution in [0, 0.1) is 29.6 Å². The lowest BCUT2D eigenvalue weighted by Crippen LogP contribution is -1.80. The van der Waals surface area contributed by atoms with Gasteiger partial charge in [0.1, 0.15) is 0 Å². The van der Waals surface area contributed by atoms with E-state index in [1.807, 2.05) is 31.2 Å². The van der Waals surface area contributed by atoms with Crippen LogP contribution in [0.15, 0.2) is 30.3 Å². The summed E-state index contributed by atoms with van der Waals surface area (Å²) in [5, 5.41) is 20.0. The number of benzene rings is 2. The standard InChI is InChI=1S/C15H9N3/c1-9-4-11(8-17)6-13-12-5-10(7-16)2-3-14(12)18-15(9)13/h2-6,18H,1H3. The molecule has 3 rings (SSSR count). The van der Waals surface area contributed by atoms with Crippen molar-refractivity contribution in [3.05, 3.63) is 47.0 Å². The van der Waals surface area contributed by atoms with Gasteiger partial charge in [-0.3, -0.25) is 0 Å². The number of hydrogen-bond donors (Lipinski definition) is 1. The van der Waals surface area contributed by atoms with Crippen LogP contribution in [0.4, 0.5) is 0 Å². The van der Waals surface area contributed by atoms with Crippen molar-refractivity contribution in [1.82, 2.24) is 4.98 Å². The van der Waals surface area contributed by atoms with Crippen LogP contribution in [0.3, 0.4) is 0 Å².